The molecule has 5 nitrogen and oxygen atoms in total. The molecule has 0 spiro atoms. The summed E-state index contributed by atoms with van der Waals surface area (Å²) in [5.74, 6) is -4.66. The van der Waals surface area contributed by atoms with Gasteiger partial charge in [-0.25, -0.2) is 14.8 Å². The normalized spacial score (nSPS) is 11.1. The zero-order chi connectivity index (χ0) is 11.6. The topological polar surface area (TPSA) is 80.1 Å². The Hall–Kier alpha value is -1.99. The molecular formula is C7H3F3N2O3. The second-order valence-corrected chi connectivity index (χ2v) is 2.40. The van der Waals surface area contributed by atoms with Gasteiger partial charge in [0.25, 0.3) is 5.78 Å². The minimum Gasteiger partial charge on any atom is -0.475 e. The van der Waals surface area contributed by atoms with E-state index in [1.165, 1.54) is 0 Å². The van der Waals surface area contributed by atoms with Crippen LogP contribution in [-0.4, -0.2) is 33.0 Å². The lowest BCUT2D eigenvalue weighted by atomic mass is 10.2. The zero-order valence-corrected chi connectivity index (χ0v) is 6.95. The van der Waals surface area contributed by atoms with E-state index in [1.807, 2.05) is 0 Å². The van der Waals surface area contributed by atoms with Crippen LogP contribution in [0.4, 0.5) is 13.2 Å². The third-order valence-corrected chi connectivity index (χ3v) is 1.34. The third-order valence-electron chi connectivity index (χ3n) is 1.34. The molecule has 0 aromatic carbocycles. The standard InChI is InChI=1S/C7H3F3N2O3/c8-7(9,10)4(13)3-1-2-11-5(12-3)6(14)15/h1-2H,(H,14,15). The quantitative estimate of drug-likeness (QED) is 0.749. The van der Waals surface area contributed by atoms with Crippen LogP contribution in [0.3, 0.4) is 0 Å². The number of hydrogen-bond acceptors (Lipinski definition) is 4. The van der Waals surface area contributed by atoms with Crippen molar-refractivity contribution in [2.24, 2.45) is 0 Å². The molecule has 15 heavy (non-hydrogen) atoms. The van der Waals surface area contributed by atoms with E-state index in [4.69, 9.17) is 5.11 Å². The predicted molar refractivity (Wildman–Crippen MR) is 39.4 cm³/mol. The fourth-order valence-corrected chi connectivity index (χ4v) is 0.733. The first-order valence-electron chi connectivity index (χ1n) is 3.50. The van der Waals surface area contributed by atoms with Gasteiger partial charge in [0.2, 0.25) is 5.82 Å². The predicted octanol–water partition coefficient (Wildman–Crippen LogP) is 0.920. The maximum atomic E-state index is 11.9. The summed E-state index contributed by atoms with van der Waals surface area (Å²) < 4.78 is 35.7. The van der Waals surface area contributed by atoms with E-state index in [2.05, 4.69) is 9.97 Å². The first kappa shape index (κ1) is 11.1. The van der Waals surface area contributed by atoms with Gasteiger partial charge >= 0.3 is 12.1 Å². The molecule has 0 aliphatic rings. The Labute approximate surface area is 80.6 Å². The molecule has 0 unspecified atom stereocenters. The number of carbonyl (C=O) groups excluding carboxylic acids is 1. The molecule has 0 aliphatic heterocycles. The van der Waals surface area contributed by atoms with Crippen molar-refractivity contribution < 1.29 is 27.9 Å². The van der Waals surface area contributed by atoms with Crippen molar-refractivity contribution in [2.75, 3.05) is 0 Å². The van der Waals surface area contributed by atoms with Crippen molar-refractivity contribution in [2.45, 2.75) is 6.18 Å². The summed E-state index contributed by atoms with van der Waals surface area (Å²) >= 11 is 0. The first-order chi connectivity index (χ1) is 6.82. The van der Waals surface area contributed by atoms with Gasteiger partial charge in [-0.15, -0.1) is 0 Å². The third kappa shape index (κ3) is 2.48. The monoisotopic (exact) mass is 220 g/mol. The van der Waals surface area contributed by atoms with E-state index < -0.39 is 29.4 Å². The lowest BCUT2D eigenvalue weighted by Crippen LogP contribution is -2.24. The maximum Gasteiger partial charge on any atom is 0.456 e. The highest BCUT2D eigenvalue weighted by atomic mass is 19.4. The second kappa shape index (κ2) is 3.64. The van der Waals surface area contributed by atoms with E-state index in [-0.39, 0.29) is 0 Å². The van der Waals surface area contributed by atoms with Gasteiger partial charge in [0.15, 0.2) is 0 Å². The fraction of sp³-hybridized carbons (Fsp3) is 0.143. The fourth-order valence-electron chi connectivity index (χ4n) is 0.733. The van der Waals surface area contributed by atoms with E-state index in [9.17, 15) is 22.8 Å². The molecule has 0 atom stereocenters. The number of carboxylic acids is 1. The summed E-state index contributed by atoms with van der Waals surface area (Å²) in [6.45, 7) is 0. The molecule has 0 saturated carbocycles. The van der Waals surface area contributed by atoms with Crippen LogP contribution in [0.1, 0.15) is 21.1 Å². The van der Waals surface area contributed by atoms with Crippen molar-refractivity contribution in [3.8, 4) is 0 Å². The van der Waals surface area contributed by atoms with Crippen molar-refractivity contribution >= 4 is 11.8 Å². The van der Waals surface area contributed by atoms with Crippen LogP contribution in [0.15, 0.2) is 12.3 Å². The molecule has 0 saturated heterocycles. The van der Waals surface area contributed by atoms with Crippen molar-refractivity contribution in [1.82, 2.24) is 9.97 Å². The molecule has 1 rings (SSSR count). The molecule has 8 heteroatoms. The molecule has 1 aromatic rings. The van der Waals surface area contributed by atoms with Gasteiger partial charge in [-0.1, -0.05) is 0 Å². The average molecular weight is 220 g/mol. The van der Waals surface area contributed by atoms with Gasteiger partial charge in [0, 0.05) is 6.20 Å². The first-order valence-corrected chi connectivity index (χ1v) is 3.50. The van der Waals surface area contributed by atoms with Crippen molar-refractivity contribution in [1.29, 1.82) is 0 Å². The van der Waals surface area contributed by atoms with Crippen LogP contribution in [0.2, 0.25) is 0 Å². The molecule has 80 valence electrons. The van der Waals surface area contributed by atoms with Gasteiger partial charge in [-0.3, -0.25) is 4.79 Å². The molecule has 1 aromatic heterocycles. The number of nitrogens with zero attached hydrogens (tertiary/aromatic N) is 2. The summed E-state index contributed by atoms with van der Waals surface area (Å²) in [7, 11) is 0. The summed E-state index contributed by atoms with van der Waals surface area (Å²) in [6, 6.07) is 0.697. The number of carbonyl (C=O) groups is 2. The van der Waals surface area contributed by atoms with Gasteiger partial charge in [-0.2, -0.15) is 13.2 Å². The van der Waals surface area contributed by atoms with E-state index in [1.54, 1.807) is 0 Å². The number of aromatic nitrogens is 2. The van der Waals surface area contributed by atoms with Crippen LogP contribution < -0.4 is 0 Å². The molecule has 0 amide bonds. The zero-order valence-electron chi connectivity index (χ0n) is 6.95. The molecule has 0 bridgehead atoms. The minimum atomic E-state index is -5.08. The van der Waals surface area contributed by atoms with Crippen LogP contribution in [0, 0.1) is 0 Å². The number of ketones is 1. The van der Waals surface area contributed by atoms with Crippen LogP contribution >= 0.6 is 0 Å². The van der Waals surface area contributed by atoms with E-state index in [0.29, 0.717) is 6.07 Å². The Balaban J connectivity index is 3.12. The molecular weight excluding hydrogens is 217 g/mol. The minimum absolute atomic E-state index is 0.697. The van der Waals surface area contributed by atoms with Gasteiger partial charge in [0.1, 0.15) is 5.69 Å². The Morgan fingerprint density at radius 3 is 2.40 bits per heavy atom. The lowest BCUT2D eigenvalue weighted by Gasteiger charge is -2.03. The number of Topliss-reactive ketones (excluding diaryl/α,β-unsaturated/α-hetero) is 1. The average Bonchev–Trinajstić information content (AvgIpc) is 2.15. The number of rotatable bonds is 2. The molecule has 0 aliphatic carbocycles. The largest absolute Gasteiger partial charge is 0.475 e. The lowest BCUT2D eigenvalue weighted by molar-refractivity contribution is -0.0888. The number of alkyl halides is 3. The molecule has 0 radical (unpaired) electrons. The smallest absolute Gasteiger partial charge is 0.456 e. The van der Waals surface area contributed by atoms with Crippen LogP contribution in [0.25, 0.3) is 0 Å². The highest BCUT2D eigenvalue weighted by Crippen LogP contribution is 2.19. The summed E-state index contributed by atoms with van der Waals surface area (Å²) in [6.07, 6.45) is -4.31. The number of aromatic carboxylic acids is 1. The Kier molecular flexibility index (Phi) is 2.69. The molecule has 1 heterocycles. The number of halogens is 3. The maximum absolute atomic E-state index is 11.9. The summed E-state index contributed by atoms with van der Waals surface area (Å²) in [5.41, 5.74) is -0.991. The number of carboxylic acid groups (broad SMARTS) is 1. The Morgan fingerprint density at radius 2 is 1.93 bits per heavy atom. The molecule has 1 N–H and O–H groups in total. The van der Waals surface area contributed by atoms with Gasteiger partial charge < -0.3 is 5.11 Å². The van der Waals surface area contributed by atoms with Crippen LogP contribution in [-0.2, 0) is 0 Å². The van der Waals surface area contributed by atoms with Crippen molar-refractivity contribution in [3.05, 3.63) is 23.8 Å². The molecule has 0 fully saturated rings. The Bertz CT molecular complexity index is 416. The summed E-state index contributed by atoms with van der Waals surface area (Å²) in [4.78, 5) is 27.1. The van der Waals surface area contributed by atoms with Gasteiger partial charge in [-0.05, 0) is 6.07 Å². The second-order valence-electron chi connectivity index (χ2n) is 2.40. The van der Waals surface area contributed by atoms with Crippen molar-refractivity contribution in [3.63, 3.8) is 0 Å². The SMILES string of the molecule is O=C(O)c1nccc(C(=O)C(F)(F)F)n1. The van der Waals surface area contributed by atoms with Crippen LogP contribution in [0.5, 0.6) is 0 Å². The van der Waals surface area contributed by atoms with E-state index >= 15 is 0 Å². The highest BCUT2D eigenvalue weighted by Gasteiger charge is 2.40. The van der Waals surface area contributed by atoms with E-state index in [0.717, 1.165) is 6.20 Å². The Morgan fingerprint density at radius 1 is 1.33 bits per heavy atom. The van der Waals surface area contributed by atoms with Gasteiger partial charge in [0.05, 0.1) is 0 Å². The number of hydrogen-bond donors (Lipinski definition) is 1. The summed E-state index contributed by atoms with van der Waals surface area (Å²) in [5, 5.41) is 8.38. The highest BCUT2D eigenvalue weighted by molar-refractivity contribution is 5.99.